The fraction of sp³-hybridized carbons (Fsp3) is 0.179. The van der Waals surface area contributed by atoms with Crippen molar-refractivity contribution in [1.82, 2.24) is 10.3 Å². The maximum absolute atomic E-state index is 13.2. The smallest absolute Gasteiger partial charge is 0.249 e. The van der Waals surface area contributed by atoms with E-state index in [1.165, 1.54) is 12.1 Å². The van der Waals surface area contributed by atoms with Crippen LogP contribution in [0.5, 0.6) is 11.5 Å². The predicted octanol–water partition coefficient (Wildman–Crippen LogP) is 2.45. The van der Waals surface area contributed by atoms with E-state index in [4.69, 9.17) is 17.3 Å². The molecular formula is C28H27BFN4O4+. The first-order valence-electron chi connectivity index (χ1n) is 11.9. The van der Waals surface area contributed by atoms with E-state index in [2.05, 4.69) is 15.6 Å². The van der Waals surface area contributed by atoms with Crippen LogP contribution in [0.2, 0.25) is 0 Å². The van der Waals surface area contributed by atoms with Gasteiger partial charge >= 0.3 is 0 Å². The standard InChI is InChI=1S/C28H26BFN4O4/c1-34-18-31-15-23(34)14-27(35)33-26(17-37-16-19-2-6-21(30)7-3-19)28(36)32-22-8-12-25(13-9-22)38-24-10-4-20(29)5-11-24/h2-13,15,18,26H,14,16-17H2,1H3,(H2,32,33,35,36)/p+1. The Balaban J connectivity index is 1.38. The molecule has 0 fully saturated rings. The Morgan fingerprint density at radius 1 is 1.00 bits per heavy atom. The summed E-state index contributed by atoms with van der Waals surface area (Å²) >= 11 is 0. The largest absolute Gasteiger partial charge is 0.457 e. The Bertz CT molecular complexity index is 1360. The first-order chi connectivity index (χ1) is 18.4. The van der Waals surface area contributed by atoms with E-state index in [1.807, 2.05) is 7.05 Å². The van der Waals surface area contributed by atoms with Crippen LogP contribution in [0.15, 0.2) is 85.3 Å². The number of anilines is 1. The van der Waals surface area contributed by atoms with Crippen LogP contribution in [-0.4, -0.2) is 37.3 Å². The van der Waals surface area contributed by atoms with Crippen molar-refractivity contribution in [1.29, 1.82) is 0 Å². The lowest BCUT2D eigenvalue weighted by Crippen LogP contribution is -2.48. The highest BCUT2D eigenvalue weighted by Crippen LogP contribution is 2.22. The molecule has 1 heterocycles. The first kappa shape index (κ1) is 26.6. The Morgan fingerprint density at radius 3 is 2.29 bits per heavy atom. The summed E-state index contributed by atoms with van der Waals surface area (Å²) in [6.07, 6.45) is 3.52. The summed E-state index contributed by atoms with van der Waals surface area (Å²) in [7, 11) is 7.51. The second kappa shape index (κ2) is 12.7. The van der Waals surface area contributed by atoms with Gasteiger partial charge in [-0.05, 0) is 54.1 Å². The Kier molecular flexibility index (Phi) is 8.89. The van der Waals surface area contributed by atoms with Gasteiger partial charge in [-0.1, -0.05) is 29.7 Å². The number of rotatable bonds is 11. The fourth-order valence-electron chi connectivity index (χ4n) is 3.58. The molecule has 4 rings (SSSR count). The molecule has 1 unspecified atom stereocenters. The molecule has 3 aromatic carbocycles. The second-order valence-corrected chi connectivity index (χ2v) is 8.67. The van der Waals surface area contributed by atoms with Crippen molar-refractivity contribution in [2.24, 2.45) is 7.05 Å². The van der Waals surface area contributed by atoms with Crippen LogP contribution in [0.3, 0.4) is 0 Å². The van der Waals surface area contributed by atoms with Crippen LogP contribution >= 0.6 is 0 Å². The number of imidazole rings is 1. The number of carbonyl (C=O) groups excluding carboxylic acids is 2. The predicted molar refractivity (Wildman–Crippen MR) is 141 cm³/mol. The van der Waals surface area contributed by atoms with Crippen molar-refractivity contribution in [3.8, 4) is 11.5 Å². The molecule has 2 radical (unpaired) electrons. The SMILES string of the molecule is [B]c1ccc(Oc2ccc(NC(=O)C(COCc3ccc(F)cc3)NC(=O)Cc3c[nH]c[n+]3C)cc2)cc1. The minimum absolute atomic E-state index is 0.0768. The minimum Gasteiger partial charge on any atom is -0.457 e. The summed E-state index contributed by atoms with van der Waals surface area (Å²) < 4.78 is 26.4. The number of benzene rings is 3. The molecule has 0 saturated heterocycles. The highest BCUT2D eigenvalue weighted by molar-refractivity contribution is 6.32. The number of hydrogen-bond donors (Lipinski definition) is 3. The molecule has 2 amide bonds. The van der Waals surface area contributed by atoms with Gasteiger partial charge in [0.2, 0.25) is 18.1 Å². The molecule has 1 aromatic heterocycles. The number of aromatic amines is 1. The lowest BCUT2D eigenvalue weighted by atomic mass is 9.97. The number of aryl methyl sites for hydroxylation is 1. The van der Waals surface area contributed by atoms with Gasteiger partial charge in [0.15, 0.2) is 5.69 Å². The van der Waals surface area contributed by atoms with Crippen molar-refractivity contribution in [3.05, 3.63) is 102 Å². The first-order valence-corrected chi connectivity index (χ1v) is 11.9. The van der Waals surface area contributed by atoms with Crippen molar-refractivity contribution >= 4 is 30.8 Å². The lowest BCUT2D eigenvalue weighted by Gasteiger charge is -2.19. The van der Waals surface area contributed by atoms with Gasteiger partial charge in [0.05, 0.1) is 26.7 Å². The Labute approximate surface area is 221 Å². The highest BCUT2D eigenvalue weighted by Gasteiger charge is 2.23. The quantitative estimate of drug-likeness (QED) is 0.212. The van der Waals surface area contributed by atoms with E-state index in [1.54, 1.807) is 77.8 Å². The summed E-state index contributed by atoms with van der Waals surface area (Å²) in [6.45, 7) is 0.0798. The Morgan fingerprint density at radius 2 is 1.66 bits per heavy atom. The maximum Gasteiger partial charge on any atom is 0.249 e. The zero-order chi connectivity index (χ0) is 26.9. The third-order valence-electron chi connectivity index (χ3n) is 5.67. The molecule has 0 aliphatic heterocycles. The average Bonchev–Trinajstić information content (AvgIpc) is 3.31. The van der Waals surface area contributed by atoms with E-state index in [-0.39, 0.29) is 31.4 Å². The molecule has 10 heteroatoms. The molecule has 0 aliphatic carbocycles. The molecule has 8 nitrogen and oxygen atoms in total. The van der Waals surface area contributed by atoms with Gasteiger partial charge in [0, 0.05) is 5.69 Å². The molecular weight excluding hydrogens is 486 g/mol. The fourth-order valence-corrected chi connectivity index (χ4v) is 3.58. The molecule has 4 aromatic rings. The Hall–Kier alpha value is -4.44. The normalized spacial score (nSPS) is 11.5. The van der Waals surface area contributed by atoms with Gasteiger partial charge < -0.3 is 20.1 Å². The molecule has 0 spiro atoms. The number of amides is 2. The molecule has 3 N–H and O–H groups in total. The third kappa shape index (κ3) is 7.78. The number of nitrogens with zero attached hydrogens (tertiary/aromatic N) is 1. The zero-order valence-electron chi connectivity index (χ0n) is 20.8. The van der Waals surface area contributed by atoms with Crippen molar-refractivity contribution in [2.75, 3.05) is 11.9 Å². The summed E-state index contributed by atoms with van der Waals surface area (Å²) in [4.78, 5) is 28.7. The van der Waals surface area contributed by atoms with E-state index in [0.717, 1.165) is 11.3 Å². The zero-order valence-corrected chi connectivity index (χ0v) is 20.8. The van der Waals surface area contributed by atoms with Gasteiger partial charge in [0.1, 0.15) is 37.4 Å². The van der Waals surface area contributed by atoms with E-state index < -0.39 is 11.9 Å². The summed E-state index contributed by atoms with van der Waals surface area (Å²) in [5, 5.41) is 5.55. The molecule has 0 saturated carbocycles. The number of carbonyl (C=O) groups is 2. The van der Waals surface area contributed by atoms with Gasteiger partial charge in [-0.15, -0.1) is 0 Å². The average molecular weight is 513 g/mol. The monoisotopic (exact) mass is 513 g/mol. The van der Waals surface area contributed by atoms with Crippen molar-refractivity contribution in [2.45, 2.75) is 19.1 Å². The van der Waals surface area contributed by atoms with Crippen LogP contribution in [0.25, 0.3) is 0 Å². The number of aromatic nitrogens is 2. The van der Waals surface area contributed by atoms with Crippen LogP contribution in [-0.2, 0) is 34.4 Å². The molecule has 0 bridgehead atoms. The van der Waals surface area contributed by atoms with Crippen LogP contribution in [0.4, 0.5) is 10.1 Å². The maximum atomic E-state index is 13.2. The molecule has 1 atom stereocenters. The number of halogens is 1. The van der Waals surface area contributed by atoms with E-state index in [0.29, 0.717) is 22.6 Å². The molecule has 38 heavy (non-hydrogen) atoms. The van der Waals surface area contributed by atoms with E-state index in [9.17, 15) is 14.0 Å². The number of hydrogen-bond acceptors (Lipinski definition) is 4. The van der Waals surface area contributed by atoms with Crippen LogP contribution in [0, 0.1) is 5.82 Å². The lowest BCUT2D eigenvalue weighted by molar-refractivity contribution is -0.676. The van der Waals surface area contributed by atoms with E-state index >= 15 is 0 Å². The van der Waals surface area contributed by atoms with Gasteiger partial charge in [-0.2, -0.15) is 0 Å². The number of ether oxygens (including phenoxy) is 2. The summed E-state index contributed by atoms with van der Waals surface area (Å²) in [6, 6.07) is 18.8. The van der Waals surface area contributed by atoms with Gasteiger partial charge in [0.25, 0.3) is 0 Å². The van der Waals surface area contributed by atoms with Crippen molar-refractivity contribution in [3.63, 3.8) is 0 Å². The highest BCUT2D eigenvalue weighted by atomic mass is 19.1. The van der Waals surface area contributed by atoms with Crippen molar-refractivity contribution < 1.29 is 28.0 Å². The molecule has 0 aliphatic rings. The number of H-pyrrole nitrogens is 1. The third-order valence-corrected chi connectivity index (χ3v) is 5.67. The van der Waals surface area contributed by atoms with Crippen LogP contribution in [0.1, 0.15) is 11.3 Å². The topological polar surface area (TPSA) is 96.3 Å². The second-order valence-electron chi connectivity index (χ2n) is 8.67. The minimum atomic E-state index is -0.960. The van der Waals surface area contributed by atoms with Gasteiger partial charge in [-0.3, -0.25) is 9.59 Å². The van der Waals surface area contributed by atoms with Crippen LogP contribution < -0.4 is 25.4 Å². The number of nitrogens with one attached hydrogen (secondary N) is 3. The molecule has 192 valence electrons. The summed E-state index contributed by atoms with van der Waals surface area (Å²) in [5.41, 5.74) is 2.66. The summed E-state index contributed by atoms with van der Waals surface area (Å²) in [5.74, 6) is 0.0923. The van der Waals surface area contributed by atoms with Gasteiger partial charge in [-0.25, -0.2) is 13.9 Å².